The Kier molecular flexibility index (Phi) is 9.61. The predicted molar refractivity (Wildman–Crippen MR) is 149 cm³/mol. The number of anilines is 1. The molecule has 1 aliphatic heterocycles. The third-order valence-corrected chi connectivity index (χ3v) is 9.76. The molecule has 1 saturated heterocycles. The van der Waals surface area contributed by atoms with E-state index in [0.717, 1.165) is 45.7 Å². The van der Waals surface area contributed by atoms with Crippen LogP contribution < -0.4 is 15.0 Å². The first-order valence-electron chi connectivity index (χ1n) is 13.1. The molecule has 1 fully saturated rings. The Labute approximate surface area is 249 Å². The number of carboxylic acid groups (broad SMARTS) is 1. The normalized spacial score (nSPS) is 16.2. The van der Waals surface area contributed by atoms with Crippen LogP contribution in [0.5, 0.6) is 5.75 Å². The third kappa shape index (κ3) is 7.61. The van der Waals surface area contributed by atoms with Crippen molar-refractivity contribution in [2.45, 2.75) is 50.5 Å². The van der Waals surface area contributed by atoms with E-state index in [4.69, 9.17) is 0 Å². The van der Waals surface area contributed by atoms with Crippen LogP contribution in [0.25, 0.3) is 0 Å². The van der Waals surface area contributed by atoms with Gasteiger partial charge in [0, 0.05) is 26.2 Å². The lowest BCUT2D eigenvalue weighted by molar-refractivity contribution is -0.275. The number of carboxylic acids is 1. The van der Waals surface area contributed by atoms with Crippen LogP contribution in [-0.4, -0.2) is 66.7 Å². The number of piperazine rings is 1. The Morgan fingerprint density at radius 2 is 1.81 bits per heavy atom. The second-order valence-electron chi connectivity index (χ2n) is 9.72. The molecular weight excluding hydrogens is 616 g/mol. The number of rotatable bonds is 10. The molecule has 3 aromatic rings. The molecule has 1 atom stereocenters. The first-order valence-corrected chi connectivity index (χ1v) is 15.3. The number of nitrogens with one attached hydrogen (secondary N) is 1. The average molecular weight is 645 g/mol. The number of carbonyl (C=O) groups is 2. The van der Waals surface area contributed by atoms with E-state index in [0.29, 0.717) is 12.1 Å². The van der Waals surface area contributed by atoms with Crippen LogP contribution in [0.4, 0.5) is 22.7 Å². The minimum Gasteiger partial charge on any atom is -0.477 e. The Hall–Kier alpha value is -3.76. The highest BCUT2D eigenvalue weighted by molar-refractivity contribution is 7.89. The van der Waals surface area contributed by atoms with Crippen molar-refractivity contribution in [1.29, 1.82) is 0 Å². The van der Waals surface area contributed by atoms with E-state index < -0.39 is 50.8 Å². The van der Waals surface area contributed by atoms with Gasteiger partial charge >= 0.3 is 12.3 Å². The van der Waals surface area contributed by atoms with E-state index in [2.05, 4.69) is 22.0 Å². The lowest BCUT2D eigenvalue weighted by Gasteiger charge is -2.39. The highest BCUT2D eigenvalue weighted by Gasteiger charge is 2.41. The zero-order valence-electron chi connectivity index (χ0n) is 23.0. The lowest BCUT2D eigenvalue weighted by atomic mass is 10.1. The summed E-state index contributed by atoms with van der Waals surface area (Å²) in [6.45, 7) is 3.15. The number of thiazole rings is 1. The van der Waals surface area contributed by atoms with Crippen LogP contribution in [0, 0.1) is 12.7 Å². The third-order valence-electron chi connectivity index (χ3n) is 6.65. The highest BCUT2D eigenvalue weighted by Crippen LogP contribution is 2.32. The minimum absolute atomic E-state index is 0.00536. The van der Waals surface area contributed by atoms with Gasteiger partial charge in [0.25, 0.3) is 0 Å². The summed E-state index contributed by atoms with van der Waals surface area (Å²) in [7, 11) is -4.60. The number of amides is 1. The maximum Gasteiger partial charge on any atom is 0.573 e. The van der Waals surface area contributed by atoms with E-state index in [-0.39, 0.29) is 41.9 Å². The molecule has 2 aromatic carbocycles. The average Bonchev–Trinajstić information content (AvgIpc) is 3.34. The zero-order chi connectivity index (χ0) is 31.5. The molecule has 0 saturated carbocycles. The standard InChI is InChI=1S/C27H28F4N4O6S2/c1-3-4-17-5-7-18(8-6-17)14-32-24(36)21-15-34(26-33-16(2)23(42-26)25(37)38)11-12-35(21)43(39,40)19-9-10-22(20(28)13-19)41-27(29,30)31/h5-10,13,21H,3-4,11-12,14-15H2,1-2H3,(H,32,36)(H,37,38). The van der Waals surface area contributed by atoms with Gasteiger partial charge in [-0.05, 0) is 42.7 Å². The van der Waals surface area contributed by atoms with Crippen LogP contribution in [0.3, 0.4) is 0 Å². The number of nitrogens with zero attached hydrogens (tertiary/aromatic N) is 3. The van der Waals surface area contributed by atoms with E-state index >= 15 is 0 Å². The van der Waals surface area contributed by atoms with Crippen molar-refractivity contribution in [3.8, 4) is 5.75 Å². The van der Waals surface area contributed by atoms with Crippen molar-refractivity contribution in [3.63, 3.8) is 0 Å². The van der Waals surface area contributed by atoms with E-state index in [1.54, 1.807) is 4.90 Å². The predicted octanol–water partition coefficient (Wildman–Crippen LogP) is 4.34. The number of aryl methyl sites for hydroxylation is 2. The monoisotopic (exact) mass is 644 g/mol. The summed E-state index contributed by atoms with van der Waals surface area (Å²) in [5, 5.41) is 12.4. The molecule has 43 heavy (non-hydrogen) atoms. The molecule has 1 amide bonds. The van der Waals surface area contributed by atoms with Crippen molar-refractivity contribution in [2.75, 3.05) is 24.5 Å². The highest BCUT2D eigenvalue weighted by atomic mass is 32.2. The van der Waals surface area contributed by atoms with Crippen LogP contribution in [0.1, 0.15) is 39.8 Å². The topological polar surface area (TPSA) is 129 Å². The van der Waals surface area contributed by atoms with Crippen LogP contribution in [0.2, 0.25) is 0 Å². The maximum absolute atomic E-state index is 14.5. The first kappa shape index (κ1) is 32.2. The molecule has 0 spiro atoms. The molecule has 0 aliphatic carbocycles. The van der Waals surface area contributed by atoms with Gasteiger partial charge in [0.2, 0.25) is 15.9 Å². The largest absolute Gasteiger partial charge is 0.573 e. The minimum atomic E-state index is -5.19. The summed E-state index contributed by atoms with van der Waals surface area (Å²) in [5.41, 5.74) is 2.14. The fraction of sp³-hybridized carbons (Fsp3) is 0.370. The van der Waals surface area contributed by atoms with Crippen molar-refractivity contribution >= 4 is 38.4 Å². The number of sulfonamides is 1. The molecule has 0 bridgehead atoms. The molecule has 16 heteroatoms. The quantitative estimate of drug-likeness (QED) is 0.312. The van der Waals surface area contributed by atoms with Crippen molar-refractivity contribution in [2.24, 2.45) is 0 Å². The summed E-state index contributed by atoms with van der Waals surface area (Å²) < 4.78 is 83.9. The van der Waals surface area contributed by atoms with Gasteiger partial charge in [-0.2, -0.15) is 4.31 Å². The summed E-state index contributed by atoms with van der Waals surface area (Å²) >= 11 is 0.877. The number of hydrogen-bond donors (Lipinski definition) is 2. The Morgan fingerprint density at radius 3 is 2.40 bits per heavy atom. The van der Waals surface area contributed by atoms with Gasteiger partial charge in [-0.15, -0.1) is 13.2 Å². The number of alkyl halides is 3. The molecule has 2 N–H and O–H groups in total. The number of aromatic carboxylic acids is 1. The first-order chi connectivity index (χ1) is 20.2. The molecule has 232 valence electrons. The summed E-state index contributed by atoms with van der Waals surface area (Å²) in [4.78, 5) is 30.2. The summed E-state index contributed by atoms with van der Waals surface area (Å²) in [6.07, 6.45) is -3.33. The zero-order valence-corrected chi connectivity index (χ0v) is 24.7. The number of hydrogen-bond acceptors (Lipinski definition) is 8. The molecule has 1 aliphatic rings. The van der Waals surface area contributed by atoms with Crippen LogP contribution in [-0.2, 0) is 27.8 Å². The Morgan fingerprint density at radius 1 is 1.14 bits per heavy atom. The Bertz CT molecular complexity index is 1600. The SMILES string of the molecule is CCCc1ccc(CNC(=O)C2CN(c3nc(C)c(C(=O)O)s3)CCN2S(=O)(=O)c2ccc(OC(F)(F)F)c(F)c2)cc1. The van der Waals surface area contributed by atoms with Gasteiger partial charge in [0.05, 0.1) is 10.6 Å². The molecule has 0 radical (unpaired) electrons. The summed E-state index contributed by atoms with van der Waals surface area (Å²) in [6, 6.07) is 7.88. The van der Waals surface area contributed by atoms with Gasteiger partial charge in [-0.3, -0.25) is 4.79 Å². The number of carbonyl (C=O) groups excluding carboxylic acids is 1. The molecular formula is C27H28F4N4O6S2. The van der Waals surface area contributed by atoms with E-state index in [9.17, 15) is 40.7 Å². The molecule has 1 aromatic heterocycles. The number of benzene rings is 2. The van der Waals surface area contributed by atoms with Crippen molar-refractivity contribution in [3.05, 3.63) is 70.0 Å². The maximum atomic E-state index is 14.5. The van der Waals surface area contributed by atoms with E-state index in [1.165, 1.54) is 6.92 Å². The second kappa shape index (κ2) is 12.9. The van der Waals surface area contributed by atoms with Crippen molar-refractivity contribution < 1.29 is 45.4 Å². The number of halogens is 4. The smallest absolute Gasteiger partial charge is 0.477 e. The summed E-state index contributed by atoms with van der Waals surface area (Å²) in [5.74, 6) is -4.62. The second-order valence-corrected chi connectivity index (χ2v) is 12.6. The van der Waals surface area contributed by atoms with Gasteiger partial charge in [0.1, 0.15) is 10.9 Å². The fourth-order valence-corrected chi connectivity index (χ4v) is 7.08. The van der Waals surface area contributed by atoms with Gasteiger partial charge in [0.15, 0.2) is 16.7 Å². The fourth-order valence-electron chi connectivity index (χ4n) is 4.56. The van der Waals surface area contributed by atoms with Crippen LogP contribution >= 0.6 is 11.3 Å². The number of aromatic nitrogens is 1. The molecule has 2 heterocycles. The Balaban J connectivity index is 1.61. The van der Waals surface area contributed by atoms with Gasteiger partial charge in [-0.1, -0.05) is 48.9 Å². The lowest BCUT2D eigenvalue weighted by Crippen LogP contribution is -2.60. The van der Waals surface area contributed by atoms with Crippen LogP contribution in [0.15, 0.2) is 47.4 Å². The van der Waals surface area contributed by atoms with Gasteiger partial charge < -0.3 is 20.1 Å². The molecule has 4 rings (SSSR count). The molecule has 1 unspecified atom stereocenters. The van der Waals surface area contributed by atoms with Crippen molar-refractivity contribution in [1.82, 2.24) is 14.6 Å². The number of ether oxygens (including phenoxy) is 1. The van der Waals surface area contributed by atoms with E-state index in [1.807, 2.05) is 24.3 Å². The molecule has 10 nitrogen and oxygen atoms in total. The van der Waals surface area contributed by atoms with Gasteiger partial charge in [-0.25, -0.2) is 22.6 Å².